The molecule has 1 aliphatic heterocycles. The number of nitrogens with zero attached hydrogens (tertiary/aromatic N) is 3. The molecule has 0 aromatic carbocycles. The quantitative estimate of drug-likeness (QED) is 0.444. The number of imidazole rings is 1. The zero-order chi connectivity index (χ0) is 25.4. The van der Waals surface area contributed by atoms with Crippen LogP contribution in [0, 0.1) is 18.2 Å². The van der Waals surface area contributed by atoms with Crippen molar-refractivity contribution in [3.8, 4) is 0 Å². The van der Waals surface area contributed by atoms with Gasteiger partial charge in [0.2, 0.25) is 0 Å². The molecule has 9 nitrogen and oxygen atoms in total. The average molecular weight is 495 g/mol. The van der Waals surface area contributed by atoms with E-state index in [0.717, 1.165) is 44.7 Å². The summed E-state index contributed by atoms with van der Waals surface area (Å²) in [5.41, 5.74) is 3.34. The maximum Gasteiger partial charge on any atom is 0.257 e. The number of quaternary nitrogens is 1. The molecule has 2 aliphatic carbocycles. The molecule has 1 amide bonds. The lowest BCUT2D eigenvalue weighted by Gasteiger charge is -2.28. The van der Waals surface area contributed by atoms with E-state index in [0.29, 0.717) is 23.0 Å². The summed E-state index contributed by atoms with van der Waals surface area (Å²) in [4.78, 5) is 19.5. The van der Waals surface area contributed by atoms with Crippen molar-refractivity contribution in [1.29, 1.82) is 5.41 Å². The van der Waals surface area contributed by atoms with Crippen molar-refractivity contribution < 1.29 is 19.2 Å². The number of amides is 1. The van der Waals surface area contributed by atoms with Crippen LogP contribution in [0.4, 0.5) is 10.1 Å². The van der Waals surface area contributed by atoms with Crippen molar-refractivity contribution in [3.05, 3.63) is 65.2 Å². The molecule has 0 radical (unpaired) electrons. The van der Waals surface area contributed by atoms with Crippen molar-refractivity contribution in [3.63, 3.8) is 0 Å². The molecule has 5 N–H and O–H groups in total. The van der Waals surface area contributed by atoms with Crippen molar-refractivity contribution in [2.45, 2.75) is 37.8 Å². The fourth-order valence-electron chi connectivity index (χ4n) is 5.14. The number of methoxy groups -OCH3 is 1. The van der Waals surface area contributed by atoms with Gasteiger partial charge in [0.25, 0.3) is 5.91 Å². The minimum atomic E-state index is -0.521. The van der Waals surface area contributed by atoms with Crippen LogP contribution in [-0.4, -0.2) is 71.3 Å². The van der Waals surface area contributed by atoms with Gasteiger partial charge in [0.1, 0.15) is 6.20 Å². The van der Waals surface area contributed by atoms with E-state index in [1.54, 1.807) is 36.9 Å². The normalized spacial score (nSPS) is 22.2. The van der Waals surface area contributed by atoms with Gasteiger partial charge in [-0.3, -0.25) is 10.2 Å². The predicted molar refractivity (Wildman–Crippen MR) is 135 cm³/mol. The summed E-state index contributed by atoms with van der Waals surface area (Å²) < 4.78 is 21.4. The van der Waals surface area contributed by atoms with Gasteiger partial charge in [0.05, 0.1) is 47.6 Å². The molecule has 1 saturated heterocycles. The zero-order valence-electron chi connectivity index (χ0n) is 20.9. The zero-order valence-corrected chi connectivity index (χ0v) is 20.9. The second kappa shape index (κ2) is 9.61. The Morgan fingerprint density at radius 3 is 2.92 bits per heavy atom. The molecule has 1 atom stereocenters. The summed E-state index contributed by atoms with van der Waals surface area (Å²) in [6.07, 6.45) is 12.1. The second-order valence-corrected chi connectivity index (χ2v) is 9.85. The fraction of sp³-hybridized carbons (Fsp3) is 0.423. The van der Waals surface area contributed by atoms with Crippen molar-refractivity contribution in [2.24, 2.45) is 0 Å². The number of likely N-dealkylation sites (tertiary alicyclic amines) is 1. The number of nitrogens with two attached hydrogens (primary N) is 1. The lowest BCUT2D eigenvalue weighted by Crippen LogP contribution is -2.73. The van der Waals surface area contributed by atoms with Crippen LogP contribution >= 0.6 is 0 Å². The molecule has 3 heterocycles. The largest absolute Gasteiger partial charge is 0.383 e. The number of halogens is 1. The number of hydrogen-bond donors (Lipinski definition) is 4. The van der Waals surface area contributed by atoms with Crippen LogP contribution < -0.4 is 16.0 Å². The van der Waals surface area contributed by atoms with E-state index in [4.69, 9.17) is 10.1 Å². The van der Waals surface area contributed by atoms with Gasteiger partial charge in [-0.15, -0.1) is 0 Å². The number of nitrogens with one attached hydrogen (secondary N) is 3. The van der Waals surface area contributed by atoms with Crippen LogP contribution in [0.5, 0.6) is 0 Å². The third-order valence-corrected chi connectivity index (χ3v) is 7.00. The van der Waals surface area contributed by atoms with Crippen LogP contribution in [0.3, 0.4) is 0 Å². The van der Waals surface area contributed by atoms with E-state index in [1.165, 1.54) is 6.07 Å². The van der Waals surface area contributed by atoms with Gasteiger partial charge in [-0.25, -0.2) is 9.37 Å². The van der Waals surface area contributed by atoms with Gasteiger partial charge < -0.3 is 30.0 Å². The van der Waals surface area contributed by atoms with Gasteiger partial charge in [-0.2, -0.15) is 0 Å². The predicted octanol–water partition coefficient (Wildman–Crippen LogP) is 1.48. The Hall–Kier alpha value is -3.34. The Balaban J connectivity index is 1.33. The highest BCUT2D eigenvalue weighted by molar-refractivity contribution is 6.31. The van der Waals surface area contributed by atoms with E-state index in [2.05, 4.69) is 20.5 Å². The smallest absolute Gasteiger partial charge is 0.257 e. The number of pyridine rings is 1. The van der Waals surface area contributed by atoms with Gasteiger partial charge in [0, 0.05) is 50.2 Å². The molecule has 0 unspecified atom stereocenters. The number of carbonyl (C=O) groups is 1. The lowest BCUT2D eigenvalue weighted by atomic mass is 9.93. The summed E-state index contributed by atoms with van der Waals surface area (Å²) >= 11 is 0. The van der Waals surface area contributed by atoms with E-state index in [-0.39, 0.29) is 22.5 Å². The topological polar surface area (TPSA) is 111 Å². The number of aromatic nitrogens is 2. The molecule has 1 saturated carbocycles. The minimum Gasteiger partial charge on any atom is -0.383 e. The average Bonchev–Trinajstić information content (AvgIpc) is 3.23. The molecule has 2 fully saturated rings. The van der Waals surface area contributed by atoms with E-state index in [1.807, 2.05) is 24.6 Å². The molecule has 2 aromatic heterocycles. The Morgan fingerprint density at radius 1 is 1.39 bits per heavy atom. The molecule has 10 heteroatoms. The highest BCUT2D eigenvalue weighted by atomic mass is 19.1. The molecule has 190 valence electrons. The number of anilines is 1. The third-order valence-electron chi connectivity index (χ3n) is 7.00. The van der Waals surface area contributed by atoms with Crippen LogP contribution in [0.15, 0.2) is 53.7 Å². The molecule has 2 aromatic rings. The first-order valence-corrected chi connectivity index (χ1v) is 12.3. The van der Waals surface area contributed by atoms with Crippen LogP contribution in [0.25, 0.3) is 5.65 Å². The van der Waals surface area contributed by atoms with Crippen molar-refractivity contribution in [2.75, 3.05) is 39.2 Å². The molecular formula is C26H33FN7O2+. The SMILES string of the molecule is C[NH2+]/C=C1\C(=N)C(C(=O)Nc2cc(F)c3nc(C)cn3c2)=CC=C1N1CC[C@H](NC2(COC)CC2)C1. The molecular weight excluding hydrogens is 461 g/mol. The second-order valence-electron chi connectivity index (χ2n) is 9.85. The number of fused-ring (bicyclic) bond motifs is 1. The number of aryl methyl sites for hydroxylation is 1. The van der Waals surface area contributed by atoms with Crippen molar-refractivity contribution >= 4 is 23.0 Å². The standard InChI is InChI=1S/C26H32FN7O2/c1-16-12-34-14-18(10-21(27)24(34)30-16)31-25(35)19-4-5-22(20(11-29-2)23(19)28)33-9-6-17(13-33)32-26(7-8-26)15-36-3/h4-5,10-12,14,17,28-29,32H,6-9,13,15H2,1-3H3,(H,31,35)/p+1/b20-11-,28-23?/t17-/m0/s1. The number of hydrogen-bond acceptors (Lipinski definition) is 6. The Kier molecular flexibility index (Phi) is 6.50. The Morgan fingerprint density at radius 2 is 2.19 bits per heavy atom. The Labute approximate surface area is 209 Å². The molecule has 0 bridgehead atoms. The third kappa shape index (κ3) is 4.71. The highest BCUT2D eigenvalue weighted by Crippen LogP contribution is 2.37. The molecule has 0 spiro atoms. The first-order valence-electron chi connectivity index (χ1n) is 12.3. The maximum atomic E-state index is 14.5. The first kappa shape index (κ1) is 24.4. The maximum absolute atomic E-state index is 14.5. The number of carbonyl (C=O) groups excluding carboxylic acids is 1. The highest BCUT2D eigenvalue weighted by Gasteiger charge is 2.45. The van der Waals surface area contributed by atoms with Gasteiger partial charge in [-0.05, 0) is 38.3 Å². The van der Waals surface area contributed by atoms with E-state index in [9.17, 15) is 9.18 Å². The lowest BCUT2D eigenvalue weighted by molar-refractivity contribution is -0.556. The fourth-order valence-corrected chi connectivity index (χ4v) is 5.14. The van der Waals surface area contributed by atoms with Gasteiger partial charge >= 0.3 is 0 Å². The summed E-state index contributed by atoms with van der Waals surface area (Å²) in [6.45, 7) is 4.22. The van der Waals surface area contributed by atoms with E-state index >= 15 is 0 Å². The molecule has 3 aliphatic rings. The van der Waals surface area contributed by atoms with Gasteiger partial charge in [0.15, 0.2) is 11.5 Å². The van der Waals surface area contributed by atoms with Gasteiger partial charge in [-0.1, -0.05) is 0 Å². The number of rotatable bonds is 8. The monoisotopic (exact) mass is 494 g/mol. The van der Waals surface area contributed by atoms with Crippen molar-refractivity contribution in [1.82, 2.24) is 19.6 Å². The van der Waals surface area contributed by atoms with Crippen LogP contribution in [-0.2, 0) is 9.53 Å². The summed E-state index contributed by atoms with van der Waals surface area (Å²) in [5.74, 6) is -0.975. The minimum absolute atomic E-state index is 0.113. The molecule has 5 rings (SSSR count). The summed E-state index contributed by atoms with van der Waals surface area (Å²) in [5, 5.41) is 17.2. The van der Waals surface area contributed by atoms with E-state index < -0.39 is 11.7 Å². The Bertz CT molecular complexity index is 1300. The van der Waals surface area contributed by atoms with Crippen LogP contribution in [0.2, 0.25) is 0 Å². The number of allylic oxidation sites excluding steroid dienone is 3. The summed E-state index contributed by atoms with van der Waals surface area (Å²) in [7, 11) is 3.64. The number of ether oxygens (including phenoxy) is 1. The van der Waals surface area contributed by atoms with Crippen LogP contribution in [0.1, 0.15) is 25.0 Å². The molecule has 36 heavy (non-hydrogen) atoms. The summed E-state index contributed by atoms with van der Waals surface area (Å²) in [6, 6.07) is 1.60. The first-order chi connectivity index (χ1) is 17.3.